The molecule has 4 aromatic rings. The van der Waals surface area contributed by atoms with E-state index >= 15 is 0 Å². The summed E-state index contributed by atoms with van der Waals surface area (Å²) in [4.78, 5) is 26.0. The highest BCUT2D eigenvalue weighted by molar-refractivity contribution is 7.92. The predicted octanol–water partition coefficient (Wildman–Crippen LogP) is 3.46. The lowest BCUT2D eigenvalue weighted by atomic mass is 9.86. The normalized spacial score (nSPS) is 12.4. The standard InChI is InChI=1S/C29H27N3O6S2/c30-29(34)25-18-10-17-24(28(25)32-40(37,38)23-15-8-3-9-16-23)26(19-21-11-4-1-5-12-21)27(33)20-31-39(35,36)22-13-6-2-7-14-22/h1-18,26,31-32H,19-20H2,(H2,30,34)/t26-/m0/s1. The number of anilines is 1. The first-order valence-corrected chi connectivity index (χ1v) is 15.2. The third-order valence-electron chi connectivity index (χ3n) is 6.19. The minimum absolute atomic E-state index is 0.00514. The van der Waals surface area contributed by atoms with Crippen molar-refractivity contribution in [3.63, 3.8) is 0 Å². The van der Waals surface area contributed by atoms with Crippen molar-refractivity contribution in [2.24, 2.45) is 5.73 Å². The van der Waals surface area contributed by atoms with Crippen LogP contribution in [0, 0.1) is 0 Å². The fourth-order valence-electron chi connectivity index (χ4n) is 4.19. The summed E-state index contributed by atoms with van der Waals surface area (Å²) < 4.78 is 56.9. The van der Waals surface area contributed by atoms with Crippen molar-refractivity contribution in [3.8, 4) is 0 Å². The van der Waals surface area contributed by atoms with Gasteiger partial charge in [0.1, 0.15) is 0 Å². The molecular weight excluding hydrogens is 550 g/mol. The molecule has 0 saturated carbocycles. The minimum Gasteiger partial charge on any atom is -0.366 e. The van der Waals surface area contributed by atoms with Crippen LogP contribution in [-0.2, 0) is 31.3 Å². The molecule has 0 saturated heterocycles. The van der Waals surface area contributed by atoms with Gasteiger partial charge in [0.15, 0.2) is 5.78 Å². The predicted molar refractivity (Wildman–Crippen MR) is 152 cm³/mol. The fraction of sp³-hybridized carbons (Fsp3) is 0.103. The number of nitrogens with one attached hydrogen (secondary N) is 2. The maximum absolute atomic E-state index is 13.7. The van der Waals surface area contributed by atoms with Gasteiger partial charge in [0.05, 0.1) is 33.5 Å². The molecule has 206 valence electrons. The van der Waals surface area contributed by atoms with Crippen molar-refractivity contribution in [2.75, 3.05) is 11.3 Å². The molecule has 9 nitrogen and oxygen atoms in total. The Balaban J connectivity index is 1.76. The Kier molecular flexibility index (Phi) is 8.78. The zero-order valence-corrected chi connectivity index (χ0v) is 22.9. The summed E-state index contributed by atoms with van der Waals surface area (Å²) in [5.74, 6) is -2.47. The zero-order valence-electron chi connectivity index (χ0n) is 21.2. The van der Waals surface area contributed by atoms with Gasteiger partial charge in [0.2, 0.25) is 10.0 Å². The van der Waals surface area contributed by atoms with E-state index in [1.54, 1.807) is 66.7 Å². The highest BCUT2D eigenvalue weighted by Crippen LogP contribution is 2.33. The van der Waals surface area contributed by atoms with E-state index in [0.717, 1.165) is 5.56 Å². The van der Waals surface area contributed by atoms with E-state index in [-0.39, 0.29) is 33.0 Å². The Morgan fingerprint density at radius 3 is 1.75 bits per heavy atom. The Bertz CT molecular complexity index is 1710. The van der Waals surface area contributed by atoms with Crippen LogP contribution >= 0.6 is 0 Å². The topological polar surface area (TPSA) is 152 Å². The number of sulfonamides is 2. The highest BCUT2D eigenvalue weighted by Gasteiger charge is 2.29. The van der Waals surface area contributed by atoms with Crippen molar-refractivity contribution >= 4 is 37.4 Å². The number of hydrogen-bond donors (Lipinski definition) is 3. The lowest BCUT2D eigenvalue weighted by Crippen LogP contribution is -2.33. The maximum Gasteiger partial charge on any atom is 0.261 e. The number of amides is 1. The van der Waals surface area contributed by atoms with Crippen LogP contribution < -0.4 is 15.2 Å². The molecule has 4 N–H and O–H groups in total. The number of carbonyl (C=O) groups is 2. The van der Waals surface area contributed by atoms with Crippen molar-refractivity contribution < 1.29 is 26.4 Å². The molecule has 0 aliphatic carbocycles. The summed E-state index contributed by atoms with van der Waals surface area (Å²) in [5.41, 5.74) is 6.26. The molecule has 0 aliphatic heterocycles. The smallest absolute Gasteiger partial charge is 0.261 e. The van der Waals surface area contributed by atoms with Gasteiger partial charge in [-0.1, -0.05) is 78.9 Å². The van der Waals surface area contributed by atoms with Crippen molar-refractivity contribution in [1.82, 2.24) is 4.72 Å². The second-order valence-corrected chi connectivity index (χ2v) is 12.3. The van der Waals surface area contributed by atoms with Crippen LogP contribution in [0.1, 0.15) is 27.4 Å². The molecule has 40 heavy (non-hydrogen) atoms. The van der Waals surface area contributed by atoms with Gasteiger partial charge < -0.3 is 5.73 Å². The van der Waals surface area contributed by atoms with Gasteiger partial charge in [-0.2, -0.15) is 0 Å². The lowest BCUT2D eigenvalue weighted by molar-refractivity contribution is -0.119. The van der Waals surface area contributed by atoms with E-state index in [1.165, 1.54) is 42.5 Å². The molecule has 11 heteroatoms. The van der Waals surface area contributed by atoms with Gasteiger partial charge in [-0.05, 0) is 47.9 Å². The van der Waals surface area contributed by atoms with Crippen LogP contribution in [0.4, 0.5) is 5.69 Å². The fourth-order valence-corrected chi connectivity index (χ4v) is 6.34. The molecule has 4 rings (SSSR count). The molecule has 1 atom stereocenters. The number of para-hydroxylation sites is 1. The van der Waals surface area contributed by atoms with Crippen LogP contribution in [0.15, 0.2) is 119 Å². The van der Waals surface area contributed by atoms with Crippen molar-refractivity contribution in [1.29, 1.82) is 0 Å². The summed E-state index contributed by atoms with van der Waals surface area (Å²) in [6, 6.07) is 28.5. The first kappa shape index (κ1) is 28.7. The summed E-state index contributed by atoms with van der Waals surface area (Å²) >= 11 is 0. The zero-order chi connectivity index (χ0) is 28.8. The van der Waals surface area contributed by atoms with E-state index in [1.807, 2.05) is 0 Å². The molecule has 0 radical (unpaired) electrons. The number of carbonyl (C=O) groups excluding carboxylic acids is 2. The first-order chi connectivity index (χ1) is 19.1. The number of primary amides is 1. The second-order valence-electron chi connectivity index (χ2n) is 8.90. The van der Waals surface area contributed by atoms with Crippen LogP contribution in [0.3, 0.4) is 0 Å². The molecule has 0 unspecified atom stereocenters. The number of ketones is 1. The number of hydrogen-bond acceptors (Lipinski definition) is 6. The van der Waals surface area contributed by atoms with Crippen molar-refractivity contribution in [2.45, 2.75) is 22.1 Å². The maximum atomic E-state index is 13.7. The van der Waals surface area contributed by atoms with Gasteiger partial charge in [0, 0.05) is 0 Å². The largest absolute Gasteiger partial charge is 0.366 e. The van der Waals surface area contributed by atoms with Gasteiger partial charge in [0.25, 0.3) is 15.9 Å². The minimum atomic E-state index is -4.18. The summed E-state index contributed by atoms with van der Waals surface area (Å²) in [5, 5.41) is 0. The van der Waals surface area contributed by atoms with E-state index in [0.29, 0.717) is 0 Å². The Labute approximate surface area is 233 Å². The Hall–Kier alpha value is -4.32. The molecule has 0 bridgehead atoms. The SMILES string of the molecule is NC(=O)c1cccc([C@H](Cc2ccccc2)C(=O)CNS(=O)(=O)c2ccccc2)c1NS(=O)(=O)c1ccccc1. The molecule has 4 aromatic carbocycles. The van der Waals surface area contributed by atoms with Gasteiger partial charge in [-0.15, -0.1) is 0 Å². The molecule has 0 aromatic heterocycles. The van der Waals surface area contributed by atoms with E-state index < -0.39 is 44.2 Å². The van der Waals surface area contributed by atoms with Gasteiger partial charge in [-0.3, -0.25) is 14.3 Å². The third kappa shape index (κ3) is 6.81. The van der Waals surface area contributed by atoms with Gasteiger partial charge in [-0.25, -0.2) is 21.6 Å². The van der Waals surface area contributed by atoms with Crippen LogP contribution in [0.25, 0.3) is 0 Å². The summed E-state index contributed by atoms with van der Waals surface area (Å²) in [7, 11) is -8.17. The van der Waals surface area contributed by atoms with Gasteiger partial charge >= 0.3 is 0 Å². The number of rotatable bonds is 12. The third-order valence-corrected chi connectivity index (χ3v) is 8.97. The van der Waals surface area contributed by atoms with E-state index in [4.69, 9.17) is 5.73 Å². The Morgan fingerprint density at radius 2 is 1.20 bits per heavy atom. The number of Topliss-reactive ketones (excluding diaryl/α,β-unsaturated/α-hetero) is 1. The van der Waals surface area contributed by atoms with Crippen LogP contribution in [0.5, 0.6) is 0 Å². The second kappa shape index (κ2) is 12.2. The molecule has 0 aliphatic rings. The van der Waals surface area contributed by atoms with Crippen molar-refractivity contribution in [3.05, 3.63) is 126 Å². The number of nitrogens with two attached hydrogens (primary N) is 1. The molecule has 0 fully saturated rings. The highest BCUT2D eigenvalue weighted by atomic mass is 32.2. The summed E-state index contributed by atoms with van der Waals surface area (Å²) in [6.45, 7) is -0.569. The monoisotopic (exact) mass is 577 g/mol. The van der Waals surface area contributed by atoms with E-state index in [2.05, 4.69) is 9.44 Å². The average Bonchev–Trinajstić information content (AvgIpc) is 2.96. The average molecular weight is 578 g/mol. The number of benzene rings is 4. The molecule has 0 spiro atoms. The molecular formula is C29H27N3O6S2. The Morgan fingerprint density at radius 1 is 0.675 bits per heavy atom. The molecule has 1 amide bonds. The summed E-state index contributed by atoms with van der Waals surface area (Å²) in [6.07, 6.45) is 0.106. The lowest BCUT2D eigenvalue weighted by Gasteiger charge is -2.22. The van der Waals surface area contributed by atoms with Crippen LogP contribution in [-0.4, -0.2) is 35.1 Å². The van der Waals surface area contributed by atoms with E-state index in [9.17, 15) is 26.4 Å². The van der Waals surface area contributed by atoms with Crippen LogP contribution in [0.2, 0.25) is 0 Å². The quantitative estimate of drug-likeness (QED) is 0.234. The molecule has 0 heterocycles. The first-order valence-electron chi connectivity index (χ1n) is 12.2.